The van der Waals surface area contributed by atoms with Crippen LogP contribution in [0.2, 0.25) is 0 Å². The number of ether oxygens (including phenoxy) is 3. The van der Waals surface area contributed by atoms with E-state index in [-0.39, 0.29) is 17.0 Å². The number of carbonyl (C=O) groups is 1. The van der Waals surface area contributed by atoms with Crippen molar-refractivity contribution < 1.29 is 19.0 Å². The molecule has 0 saturated heterocycles. The van der Waals surface area contributed by atoms with Crippen LogP contribution in [0.5, 0.6) is 0 Å². The Hall–Kier alpha value is -0.610. The Balaban J connectivity index is 2.19. The van der Waals surface area contributed by atoms with Crippen LogP contribution >= 0.6 is 0 Å². The molecule has 0 spiro atoms. The highest BCUT2D eigenvalue weighted by Gasteiger charge is 2.58. The number of carbonyl (C=O) groups excluding carboxylic acids is 1. The third-order valence-electron chi connectivity index (χ3n) is 7.42. The molecule has 2 saturated carbocycles. The highest BCUT2D eigenvalue weighted by Crippen LogP contribution is 2.63. The van der Waals surface area contributed by atoms with Crippen molar-refractivity contribution in [2.75, 3.05) is 20.5 Å². The fraction of sp³-hybridized carbons (Fsp3) is 0.955. The summed E-state index contributed by atoms with van der Waals surface area (Å²) in [4.78, 5) is 11.8. The second-order valence-electron chi connectivity index (χ2n) is 9.55. The number of methoxy groups -OCH3 is 1. The first-order valence-electron chi connectivity index (χ1n) is 10.5. The van der Waals surface area contributed by atoms with Gasteiger partial charge in [0.15, 0.2) is 0 Å². The molecule has 2 aliphatic carbocycles. The summed E-state index contributed by atoms with van der Waals surface area (Å²) in [6, 6.07) is 0. The van der Waals surface area contributed by atoms with Crippen LogP contribution in [-0.2, 0) is 19.0 Å². The van der Waals surface area contributed by atoms with Crippen molar-refractivity contribution in [2.45, 2.75) is 91.6 Å². The predicted molar refractivity (Wildman–Crippen MR) is 104 cm³/mol. The molecule has 0 aromatic carbocycles. The van der Waals surface area contributed by atoms with Crippen molar-refractivity contribution in [2.24, 2.45) is 22.7 Å². The van der Waals surface area contributed by atoms with Gasteiger partial charge in [-0.15, -0.1) is 0 Å². The molecular weight excluding hydrogens is 328 g/mol. The van der Waals surface area contributed by atoms with Gasteiger partial charge in [0.2, 0.25) is 0 Å². The predicted octanol–water partition coefficient (Wildman–Crippen LogP) is 5.34. The van der Waals surface area contributed by atoms with Crippen LogP contribution in [0, 0.1) is 22.7 Å². The van der Waals surface area contributed by atoms with Gasteiger partial charge in [-0.1, -0.05) is 27.2 Å². The van der Waals surface area contributed by atoms with Gasteiger partial charge in [0, 0.05) is 13.5 Å². The summed E-state index contributed by atoms with van der Waals surface area (Å²) in [5.74, 6) is 1.09. The number of esters is 1. The van der Waals surface area contributed by atoms with Crippen molar-refractivity contribution >= 4 is 5.97 Å². The lowest BCUT2D eigenvalue weighted by atomic mass is 9.45. The maximum atomic E-state index is 11.8. The minimum absolute atomic E-state index is 0.0755. The molecule has 0 aliphatic heterocycles. The van der Waals surface area contributed by atoms with Gasteiger partial charge in [-0.25, -0.2) is 0 Å². The first-order chi connectivity index (χ1) is 12.2. The molecule has 26 heavy (non-hydrogen) atoms. The molecule has 0 aromatic rings. The largest absolute Gasteiger partial charge is 0.466 e. The third kappa shape index (κ3) is 4.44. The number of hydrogen-bond acceptors (Lipinski definition) is 4. The van der Waals surface area contributed by atoms with E-state index in [0.29, 0.717) is 31.2 Å². The average molecular weight is 369 g/mol. The zero-order chi connectivity index (χ0) is 19.4. The van der Waals surface area contributed by atoms with E-state index >= 15 is 0 Å². The molecule has 4 nitrogen and oxygen atoms in total. The molecule has 2 fully saturated rings. The van der Waals surface area contributed by atoms with Crippen molar-refractivity contribution in [1.82, 2.24) is 0 Å². The summed E-state index contributed by atoms with van der Waals surface area (Å²) in [6.45, 7) is 12.3. The monoisotopic (exact) mass is 368 g/mol. The molecule has 0 radical (unpaired) electrons. The molecule has 2 aliphatic rings. The molecule has 0 aromatic heterocycles. The van der Waals surface area contributed by atoms with Crippen LogP contribution in [-0.4, -0.2) is 32.1 Å². The highest BCUT2D eigenvalue weighted by molar-refractivity contribution is 5.69. The topological polar surface area (TPSA) is 44.8 Å². The molecule has 0 amide bonds. The van der Waals surface area contributed by atoms with Gasteiger partial charge in [-0.3, -0.25) is 4.79 Å². The minimum atomic E-state index is -0.177. The Bertz CT molecular complexity index is 475. The summed E-state index contributed by atoms with van der Waals surface area (Å²) in [5.41, 5.74) is 0.468. The number of fused-ring (bicyclic) bond motifs is 1. The molecule has 0 unspecified atom stereocenters. The van der Waals surface area contributed by atoms with Crippen LogP contribution < -0.4 is 0 Å². The van der Waals surface area contributed by atoms with Crippen LogP contribution in [0.4, 0.5) is 0 Å². The van der Waals surface area contributed by atoms with Crippen molar-refractivity contribution in [1.29, 1.82) is 0 Å². The lowest BCUT2D eigenvalue weighted by molar-refractivity contribution is -0.222. The molecule has 4 atom stereocenters. The Morgan fingerprint density at radius 2 is 1.85 bits per heavy atom. The van der Waals surface area contributed by atoms with E-state index in [1.807, 2.05) is 6.92 Å². The van der Waals surface area contributed by atoms with Crippen LogP contribution in [0.1, 0.15) is 86.0 Å². The Morgan fingerprint density at radius 1 is 1.12 bits per heavy atom. The van der Waals surface area contributed by atoms with E-state index in [1.54, 1.807) is 7.11 Å². The molecular formula is C22H40O4. The Kier molecular flexibility index (Phi) is 7.17. The molecule has 0 heterocycles. The average Bonchev–Trinajstić information content (AvgIpc) is 2.55. The van der Waals surface area contributed by atoms with Gasteiger partial charge in [0.05, 0.1) is 12.2 Å². The van der Waals surface area contributed by atoms with Gasteiger partial charge < -0.3 is 14.2 Å². The van der Waals surface area contributed by atoms with Crippen LogP contribution in [0.3, 0.4) is 0 Å². The molecule has 4 heteroatoms. The van der Waals surface area contributed by atoms with Crippen molar-refractivity contribution in [3.8, 4) is 0 Å². The van der Waals surface area contributed by atoms with E-state index in [4.69, 9.17) is 14.2 Å². The molecule has 2 rings (SSSR count). The molecule has 0 N–H and O–H groups in total. The quantitative estimate of drug-likeness (QED) is 0.428. The number of rotatable bonds is 8. The maximum Gasteiger partial charge on any atom is 0.305 e. The SMILES string of the molecule is CCOC(=O)CCC[C@@H]1[C@@]2(C)CCCC(C)(C)[C@@H]2CC[C@@]1(C)OCOC. The fourth-order valence-corrected chi connectivity index (χ4v) is 6.29. The maximum absolute atomic E-state index is 11.8. The highest BCUT2D eigenvalue weighted by atomic mass is 16.7. The lowest BCUT2D eigenvalue weighted by Crippen LogP contribution is -2.58. The molecule has 0 bridgehead atoms. The first kappa shape index (κ1) is 21.7. The second kappa shape index (κ2) is 8.60. The van der Waals surface area contributed by atoms with Gasteiger partial charge in [-0.05, 0) is 75.0 Å². The number of hydrogen-bond donors (Lipinski definition) is 0. The van der Waals surface area contributed by atoms with Gasteiger partial charge in [0.1, 0.15) is 6.79 Å². The summed E-state index contributed by atoms with van der Waals surface area (Å²) in [7, 11) is 1.69. The van der Waals surface area contributed by atoms with E-state index in [0.717, 1.165) is 25.2 Å². The second-order valence-corrected chi connectivity index (χ2v) is 9.55. The van der Waals surface area contributed by atoms with Crippen LogP contribution in [0.25, 0.3) is 0 Å². The lowest BCUT2D eigenvalue weighted by Gasteiger charge is -2.62. The fourth-order valence-electron chi connectivity index (χ4n) is 6.29. The molecule has 152 valence electrons. The van der Waals surface area contributed by atoms with Gasteiger partial charge >= 0.3 is 5.97 Å². The van der Waals surface area contributed by atoms with Gasteiger partial charge in [0.25, 0.3) is 0 Å². The summed E-state index contributed by atoms with van der Waals surface area (Å²) in [5, 5.41) is 0. The van der Waals surface area contributed by atoms with Crippen LogP contribution in [0.15, 0.2) is 0 Å². The van der Waals surface area contributed by atoms with E-state index in [9.17, 15) is 4.79 Å². The zero-order valence-corrected chi connectivity index (χ0v) is 17.9. The summed E-state index contributed by atoms with van der Waals surface area (Å²) >= 11 is 0. The zero-order valence-electron chi connectivity index (χ0n) is 17.9. The first-order valence-corrected chi connectivity index (χ1v) is 10.5. The van der Waals surface area contributed by atoms with Gasteiger partial charge in [-0.2, -0.15) is 0 Å². The normalized spacial score (nSPS) is 36.4. The Labute approximate surface area is 160 Å². The third-order valence-corrected chi connectivity index (χ3v) is 7.42. The van der Waals surface area contributed by atoms with Crippen molar-refractivity contribution in [3.63, 3.8) is 0 Å². The summed E-state index contributed by atoms with van der Waals surface area (Å²) in [6.07, 6.45) is 8.56. The standard InChI is InChI=1S/C22H40O4/c1-7-25-19(23)11-8-10-18-21(4)14-9-13-20(2,3)17(21)12-15-22(18,5)26-16-24-6/h17-18H,7-16H2,1-6H3/t17-,18+,21-,22+/m0/s1. The van der Waals surface area contributed by atoms with E-state index < -0.39 is 0 Å². The Morgan fingerprint density at radius 3 is 2.50 bits per heavy atom. The smallest absolute Gasteiger partial charge is 0.305 e. The van der Waals surface area contributed by atoms with Crippen molar-refractivity contribution in [3.05, 3.63) is 0 Å². The summed E-state index contributed by atoms with van der Waals surface area (Å²) < 4.78 is 16.7. The van der Waals surface area contributed by atoms with E-state index in [1.165, 1.54) is 25.7 Å². The van der Waals surface area contributed by atoms with E-state index in [2.05, 4.69) is 27.7 Å². The minimum Gasteiger partial charge on any atom is -0.466 e.